The van der Waals surface area contributed by atoms with Gasteiger partial charge in [-0.05, 0) is 106 Å². The highest BCUT2D eigenvalue weighted by Crippen LogP contribution is 2.17. The Balaban J connectivity index is 0. The fourth-order valence-corrected chi connectivity index (χ4v) is 7.89. The number of hydrogen-bond acceptors (Lipinski definition) is 21. The first-order chi connectivity index (χ1) is 40.6. The van der Waals surface area contributed by atoms with E-state index in [9.17, 15) is 43.2 Å². The highest BCUT2D eigenvalue weighted by Gasteiger charge is 2.24. The van der Waals surface area contributed by atoms with Crippen molar-refractivity contribution in [2.45, 2.75) is 173 Å². The number of Topliss-reactive ketones (excluding diaryl/α,β-unsaturated/α-hetero) is 1. The Labute approximate surface area is 503 Å². The molecule has 0 aliphatic heterocycles. The van der Waals surface area contributed by atoms with Gasteiger partial charge in [0.2, 0.25) is 47.3 Å². The van der Waals surface area contributed by atoms with Crippen LogP contribution in [0.5, 0.6) is 0 Å². The number of ether oxygens (including phenoxy) is 4. The Hall–Kier alpha value is -5.95. The summed E-state index contributed by atoms with van der Waals surface area (Å²) in [4.78, 5) is 111. The summed E-state index contributed by atoms with van der Waals surface area (Å²) in [7, 11) is 3.32. The van der Waals surface area contributed by atoms with Gasteiger partial charge in [0.05, 0.1) is 81.3 Å². The van der Waals surface area contributed by atoms with Crippen LogP contribution in [0.25, 0.3) is 0 Å². The van der Waals surface area contributed by atoms with Crippen molar-refractivity contribution in [2.75, 3.05) is 113 Å². The van der Waals surface area contributed by atoms with Crippen LogP contribution in [0.4, 0.5) is 0 Å². The van der Waals surface area contributed by atoms with Crippen LogP contribution in [0, 0.1) is 5.92 Å². The van der Waals surface area contributed by atoms with Crippen molar-refractivity contribution in [1.29, 1.82) is 0 Å². The smallest absolute Gasteiger partial charge is 0.246 e. The number of carbonyl (C=O) groups is 9. The van der Waals surface area contributed by atoms with Gasteiger partial charge in [-0.1, -0.05) is 20.3 Å². The summed E-state index contributed by atoms with van der Waals surface area (Å²) in [5.74, 6) is -3.28. The number of nitrogens with two attached hydrogens (primary N) is 2. The number of nitrogens with one attached hydrogen (secondary N) is 10. The molecule has 0 heterocycles. The molecule has 85 heavy (non-hydrogen) atoms. The first kappa shape index (κ1) is 81.1. The van der Waals surface area contributed by atoms with E-state index in [0.29, 0.717) is 90.5 Å². The minimum Gasteiger partial charge on any atom is -0.411 e. The molecule has 8 amide bonds. The number of amides is 8. The average Bonchev–Trinajstić information content (AvgIpc) is 3.55. The van der Waals surface area contributed by atoms with E-state index in [1.54, 1.807) is 41.8 Å². The lowest BCUT2D eigenvalue weighted by Crippen LogP contribution is -2.55. The molecule has 0 aromatic rings. The minimum absolute atomic E-state index is 0.0278. The van der Waals surface area contributed by atoms with Gasteiger partial charge in [0.25, 0.3) is 0 Å². The van der Waals surface area contributed by atoms with E-state index >= 15 is 0 Å². The number of carbonyl (C=O) groups excluding carboxylic acids is 9. The molecule has 0 aliphatic rings. The van der Waals surface area contributed by atoms with E-state index in [2.05, 4.69) is 63.5 Å². The third kappa shape index (κ3) is 48.9. The van der Waals surface area contributed by atoms with Crippen LogP contribution in [-0.4, -0.2) is 218 Å². The largest absolute Gasteiger partial charge is 0.411 e. The van der Waals surface area contributed by atoms with E-state index in [1.165, 1.54) is 12.4 Å². The SMILES string of the molecule is CC.CN[C@@H](CCCCNC(=O)COCCOCCNC(=O)COCCOCCNC(=O)CCCC(=O)NCCCC[C@H](CC(=O)CCCC(=O)NC(CNC(C)(C)/C=N/O)CNC(C)(C)/C=N/O)C(=O)NCCCC[C@H](NC)C(N)=O)C(N)=O. The molecule has 0 radical (unpaired) electrons. The second kappa shape index (κ2) is 52.4. The van der Waals surface area contributed by atoms with Crippen LogP contribution in [0.1, 0.15) is 144 Å². The Kier molecular flexibility index (Phi) is 50.0. The van der Waals surface area contributed by atoms with E-state index in [4.69, 9.17) is 40.8 Å². The van der Waals surface area contributed by atoms with Gasteiger partial charge in [-0.25, -0.2) is 0 Å². The monoisotopic (exact) mass is 1220 g/mol. The molecule has 29 nitrogen and oxygen atoms in total. The van der Waals surface area contributed by atoms with Gasteiger partial charge in [-0.15, -0.1) is 10.3 Å². The first-order valence-electron chi connectivity index (χ1n) is 29.8. The number of primary amides is 2. The van der Waals surface area contributed by atoms with Crippen LogP contribution in [0.3, 0.4) is 0 Å². The Bertz CT molecular complexity index is 1900. The average molecular weight is 1220 g/mol. The highest BCUT2D eigenvalue weighted by atomic mass is 16.5. The molecule has 16 N–H and O–H groups in total. The molecule has 0 saturated carbocycles. The van der Waals surface area contributed by atoms with Crippen molar-refractivity contribution in [2.24, 2.45) is 27.7 Å². The standard InChI is InChI=1S/C54H102N14O15.C2H6/c1-53(2,38-66-78)64-34-41(35-65-54(3,4)39-67-79)68-47(72)21-13-16-42(69)33-40(52(77)63-24-12-9-18-44(58-6)51(56)76)15-7-10-22-59-45(70)19-14-20-46(71)61-25-27-80-29-32-83-37-49(74)62-26-28-81-30-31-82-36-48(73)60-23-11-8-17-43(57-5)50(55)75;1-2/h38-41,43-44,57-58,64-65,78-79H,7-37H2,1-6H3,(H2,55,75)(H2,56,76)(H,59,70)(H,60,73)(H,61,71)(H,62,74)(H,63,77)(H,68,72);1-2H3/b66-38+,67-39+;/t40-,43+,44+;/m1./s1. The van der Waals surface area contributed by atoms with Crippen LogP contribution in [0.2, 0.25) is 0 Å². The minimum atomic E-state index is -0.682. The molecule has 3 atom stereocenters. The highest BCUT2D eigenvalue weighted by molar-refractivity contribution is 5.87. The zero-order valence-corrected chi connectivity index (χ0v) is 52.1. The molecule has 29 heteroatoms. The molecule has 0 fully saturated rings. The molecule has 0 rings (SSSR count). The summed E-state index contributed by atoms with van der Waals surface area (Å²) < 4.78 is 21.4. The van der Waals surface area contributed by atoms with Gasteiger partial charge in [-0.2, -0.15) is 0 Å². The molecule has 492 valence electrons. The molecule has 0 spiro atoms. The van der Waals surface area contributed by atoms with E-state index in [1.807, 2.05) is 13.8 Å². The van der Waals surface area contributed by atoms with Crippen molar-refractivity contribution in [1.82, 2.24) is 53.2 Å². The van der Waals surface area contributed by atoms with Gasteiger partial charge in [-0.3, -0.25) is 43.2 Å². The fourth-order valence-electron chi connectivity index (χ4n) is 7.89. The molecular weight excluding hydrogens is 1110 g/mol. The second-order valence-electron chi connectivity index (χ2n) is 21.1. The summed E-state index contributed by atoms with van der Waals surface area (Å²) in [5, 5.41) is 53.3. The third-order valence-corrected chi connectivity index (χ3v) is 12.7. The lowest BCUT2D eigenvalue weighted by Gasteiger charge is -2.29. The lowest BCUT2D eigenvalue weighted by molar-refractivity contribution is -0.130. The Morgan fingerprint density at radius 1 is 0.482 bits per heavy atom. The topological polar surface area (TPSA) is 428 Å². The van der Waals surface area contributed by atoms with Gasteiger partial charge in [0, 0.05) is 83.8 Å². The number of nitrogens with zero attached hydrogens (tertiary/aromatic N) is 2. The number of likely N-dealkylation sites (N-methyl/N-ethyl adjacent to an activating group) is 2. The third-order valence-electron chi connectivity index (χ3n) is 12.7. The van der Waals surface area contributed by atoms with Crippen molar-refractivity contribution in [3.63, 3.8) is 0 Å². The van der Waals surface area contributed by atoms with Crippen molar-refractivity contribution < 1.29 is 72.5 Å². The summed E-state index contributed by atoms with van der Waals surface area (Å²) in [6.07, 6.45) is 8.84. The Morgan fingerprint density at radius 2 is 0.871 bits per heavy atom. The maximum Gasteiger partial charge on any atom is 0.246 e. The summed E-state index contributed by atoms with van der Waals surface area (Å²) in [6, 6.07) is -1.29. The molecule has 0 aliphatic carbocycles. The lowest BCUT2D eigenvalue weighted by atomic mass is 9.93. The van der Waals surface area contributed by atoms with Crippen molar-refractivity contribution >= 4 is 65.5 Å². The number of ketones is 1. The maximum absolute atomic E-state index is 13.4. The van der Waals surface area contributed by atoms with E-state index in [-0.39, 0.29) is 152 Å². The summed E-state index contributed by atoms with van der Waals surface area (Å²) in [5.41, 5.74) is 9.33. The summed E-state index contributed by atoms with van der Waals surface area (Å²) >= 11 is 0. The molecule has 0 aromatic heterocycles. The van der Waals surface area contributed by atoms with E-state index < -0.39 is 40.9 Å². The quantitative estimate of drug-likeness (QED) is 0.0156. The molecule has 0 unspecified atom stereocenters. The Morgan fingerprint density at radius 3 is 1.32 bits per heavy atom. The zero-order valence-electron chi connectivity index (χ0n) is 52.1. The van der Waals surface area contributed by atoms with Gasteiger partial charge in [0.1, 0.15) is 19.0 Å². The first-order valence-corrected chi connectivity index (χ1v) is 29.8. The summed E-state index contributed by atoms with van der Waals surface area (Å²) in [6.45, 7) is 14.5. The predicted molar refractivity (Wildman–Crippen MR) is 323 cm³/mol. The molecule has 0 saturated heterocycles. The van der Waals surface area contributed by atoms with Crippen LogP contribution in [-0.2, 0) is 62.1 Å². The van der Waals surface area contributed by atoms with Crippen LogP contribution in [0.15, 0.2) is 10.3 Å². The van der Waals surface area contributed by atoms with Crippen LogP contribution < -0.4 is 64.6 Å². The van der Waals surface area contributed by atoms with Crippen molar-refractivity contribution in [3.05, 3.63) is 0 Å². The zero-order chi connectivity index (χ0) is 64.2. The van der Waals surface area contributed by atoms with Gasteiger partial charge >= 0.3 is 0 Å². The number of rotatable bonds is 55. The second-order valence-corrected chi connectivity index (χ2v) is 21.1. The maximum atomic E-state index is 13.4. The van der Waals surface area contributed by atoms with Gasteiger partial charge < -0.3 is 94.0 Å². The predicted octanol–water partition coefficient (Wildman–Crippen LogP) is -0.625. The van der Waals surface area contributed by atoms with Gasteiger partial charge in [0.15, 0.2) is 0 Å². The van der Waals surface area contributed by atoms with E-state index in [0.717, 1.165) is 6.42 Å². The molecular formula is C56H108N14O15. The molecule has 0 aromatic carbocycles. The van der Waals surface area contributed by atoms with Crippen LogP contribution >= 0.6 is 0 Å². The molecule has 0 bridgehead atoms. The normalized spacial score (nSPS) is 12.7. The van der Waals surface area contributed by atoms with Crippen molar-refractivity contribution in [3.8, 4) is 0 Å². The number of unbranched alkanes of at least 4 members (excludes halogenated alkanes) is 3. The number of hydrogen-bond donors (Lipinski definition) is 14. The number of oxime groups is 2. The fraction of sp³-hybridized carbons (Fsp3) is 0.804.